The highest BCUT2D eigenvalue weighted by atomic mass is 32.2. The molecule has 0 radical (unpaired) electrons. The summed E-state index contributed by atoms with van der Waals surface area (Å²) in [6.45, 7) is 9.09. The predicted octanol–water partition coefficient (Wildman–Crippen LogP) is 3.18. The Balaban J connectivity index is 2.42. The number of thioether (sulfide) groups is 1. The van der Waals surface area contributed by atoms with Crippen LogP contribution in [0.3, 0.4) is 0 Å². The van der Waals surface area contributed by atoms with Crippen LogP contribution in [0.1, 0.15) is 27.7 Å². The Labute approximate surface area is 97.2 Å². The number of allylic oxidation sites excluding steroid dienone is 3. The van der Waals surface area contributed by atoms with E-state index in [1.165, 1.54) is 11.3 Å². The molecule has 0 bridgehead atoms. The van der Waals surface area contributed by atoms with Crippen LogP contribution in [-0.4, -0.2) is 10.5 Å². The van der Waals surface area contributed by atoms with Gasteiger partial charge < -0.3 is 5.73 Å². The maximum Gasteiger partial charge on any atom is 0.0593 e. The molecule has 1 fully saturated rings. The van der Waals surface area contributed by atoms with E-state index in [1.54, 1.807) is 0 Å². The van der Waals surface area contributed by atoms with Gasteiger partial charge in [-0.2, -0.15) is 0 Å². The second-order valence-electron chi connectivity index (χ2n) is 5.30. The first-order valence-corrected chi connectivity index (χ1v) is 6.77. The van der Waals surface area contributed by atoms with E-state index >= 15 is 0 Å². The Kier molecular flexibility index (Phi) is 2.66. The molecular weight excluding hydrogens is 202 g/mol. The van der Waals surface area contributed by atoms with Crippen LogP contribution in [-0.2, 0) is 0 Å². The summed E-state index contributed by atoms with van der Waals surface area (Å²) in [6.07, 6.45) is 4.64. The summed E-state index contributed by atoms with van der Waals surface area (Å²) >= 11 is 2.03. The topological polar surface area (TPSA) is 26.0 Å². The number of hydrogen-bond acceptors (Lipinski definition) is 2. The fourth-order valence-corrected chi connectivity index (χ4v) is 4.36. The third-order valence-corrected chi connectivity index (χ3v) is 5.63. The van der Waals surface area contributed by atoms with Gasteiger partial charge in [0.15, 0.2) is 0 Å². The molecule has 1 saturated heterocycles. The van der Waals surface area contributed by atoms with Gasteiger partial charge in [-0.1, -0.05) is 32.9 Å². The molecule has 0 aromatic carbocycles. The smallest absolute Gasteiger partial charge is 0.0593 e. The SMILES string of the molecule is CC(C)C1=C(N)C2(C)SCC(C)C2C=C1. The second kappa shape index (κ2) is 3.58. The zero-order valence-electron chi connectivity index (χ0n) is 10.1. The molecule has 1 nitrogen and oxygen atoms in total. The van der Waals surface area contributed by atoms with Gasteiger partial charge in [0.2, 0.25) is 0 Å². The Morgan fingerprint density at radius 3 is 2.80 bits per heavy atom. The summed E-state index contributed by atoms with van der Waals surface area (Å²) < 4.78 is 0.160. The Bertz CT molecular complexity index is 329. The summed E-state index contributed by atoms with van der Waals surface area (Å²) in [5.41, 5.74) is 8.84. The maximum absolute atomic E-state index is 6.37. The van der Waals surface area contributed by atoms with E-state index in [-0.39, 0.29) is 4.75 Å². The third-order valence-electron chi connectivity index (χ3n) is 3.85. The van der Waals surface area contributed by atoms with Crippen molar-refractivity contribution in [2.75, 3.05) is 5.75 Å². The second-order valence-corrected chi connectivity index (χ2v) is 6.77. The van der Waals surface area contributed by atoms with E-state index in [1.807, 2.05) is 11.8 Å². The van der Waals surface area contributed by atoms with E-state index in [9.17, 15) is 0 Å². The summed E-state index contributed by atoms with van der Waals surface area (Å²) in [7, 11) is 0. The van der Waals surface area contributed by atoms with Gasteiger partial charge in [0.05, 0.1) is 4.75 Å². The third kappa shape index (κ3) is 1.54. The van der Waals surface area contributed by atoms with Crippen LogP contribution >= 0.6 is 11.8 Å². The van der Waals surface area contributed by atoms with Gasteiger partial charge >= 0.3 is 0 Å². The first kappa shape index (κ1) is 11.1. The van der Waals surface area contributed by atoms with E-state index in [4.69, 9.17) is 5.73 Å². The summed E-state index contributed by atoms with van der Waals surface area (Å²) in [5.74, 6) is 3.15. The van der Waals surface area contributed by atoms with Crippen LogP contribution in [0.15, 0.2) is 23.4 Å². The first-order chi connectivity index (χ1) is 6.97. The van der Waals surface area contributed by atoms with Crippen molar-refractivity contribution in [1.29, 1.82) is 0 Å². The summed E-state index contributed by atoms with van der Waals surface area (Å²) in [4.78, 5) is 0. The largest absolute Gasteiger partial charge is 0.401 e. The molecule has 0 saturated carbocycles. The van der Waals surface area contributed by atoms with Crippen molar-refractivity contribution < 1.29 is 0 Å². The van der Waals surface area contributed by atoms with Gasteiger partial charge in [-0.3, -0.25) is 0 Å². The highest BCUT2D eigenvalue weighted by Crippen LogP contribution is 2.52. The number of fused-ring (bicyclic) bond motifs is 1. The molecule has 3 atom stereocenters. The molecule has 2 aliphatic rings. The molecule has 2 rings (SSSR count). The molecule has 2 N–H and O–H groups in total. The number of rotatable bonds is 1. The molecule has 0 spiro atoms. The zero-order valence-corrected chi connectivity index (χ0v) is 10.9. The molecule has 1 heterocycles. The van der Waals surface area contributed by atoms with Crippen molar-refractivity contribution >= 4 is 11.8 Å². The molecule has 2 heteroatoms. The Morgan fingerprint density at radius 1 is 1.53 bits per heavy atom. The van der Waals surface area contributed by atoms with Gasteiger partial charge in [0.1, 0.15) is 0 Å². The minimum atomic E-state index is 0.160. The minimum absolute atomic E-state index is 0.160. The van der Waals surface area contributed by atoms with E-state index in [0.29, 0.717) is 11.8 Å². The molecule has 84 valence electrons. The average molecular weight is 223 g/mol. The van der Waals surface area contributed by atoms with Gasteiger partial charge in [-0.15, -0.1) is 11.8 Å². The molecule has 0 amide bonds. The highest BCUT2D eigenvalue weighted by Gasteiger charge is 2.46. The van der Waals surface area contributed by atoms with Crippen molar-refractivity contribution in [3.05, 3.63) is 23.4 Å². The number of nitrogens with two attached hydrogens (primary N) is 1. The quantitative estimate of drug-likeness (QED) is 0.739. The minimum Gasteiger partial charge on any atom is -0.401 e. The van der Waals surface area contributed by atoms with Crippen LogP contribution in [0.4, 0.5) is 0 Å². The van der Waals surface area contributed by atoms with E-state index in [2.05, 4.69) is 39.8 Å². The highest BCUT2D eigenvalue weighted by molar-refractivity contribution is 8.01. The lowest BCUT2D eigenvalue weighted by Gasteiger charge is -2.36. The molecule has 1 aliphatic heterocycles. The Hall–Kier alpha value is -0.370. The van der Waals surface area contributed by atoms with Crippen LogP contribution in [0.25, 0.3) is 0 Å². The predicted molar refractivity (Wildman–Crippen MR) is 68.7 cm³/mol. The molecule has 0 aromatic rings. The monoisotopic (exact) mass is 223 g/mol. The summed E-state index contributed by atoms with van der Waals surface area (Å²) in [6, 6.07) is 0. The number of hydrogen-bond donors (Lipinski definition) is 1. The zero-order chi connectivity index (χ0) is 11.2. The van der Waals surface area contributed by atoms with Gasteiger partial charge in [-0.25, -0.2) is 0 Å². The van der Waals surface area contributed by atoms with Crippen LogP contribution in [0.5, 0.6) is 0 Å². The molecule has 3 unspecified atom stereocenters. The molecule has 1 aliphatic carbocycles. The Morgan fingerprint density at radius 2 is 2.20 bits per heavy atom. The average Bonchev–Trinajstić information content (AvgIpc) is 2.46. The van der Waals surface area contributed by atoms with Crippen molar-refractivity contribution in [1.82, 2.24) is 0 Å². The van der Waals surface area contributed by atoms with E-state index in [0.717, 1.165) is 11.6 Å². The van der Waals surface area contributed by atoms with E-state index < -0.39 is 0 Å². The van der Waals surface area contributed by atoms with Crippen molar-refractivity contribution in [3.63, 3.8) is 0 Å². The summed E-state index contributed by atoms with van der Waals surface area (Å²) in [5, 5.41) is 0. The standard InChI is InChI=1S/C13H21NS/c1-8(2)10-5-6-11-9(3)7-15-13(11,4)12(10)14/h5-6,8-9,11H,7,14H2,1-4H3. The van der Waals surface area contributed by atoms with Crippen LogP contribution in [0, 0.1) is 17.8 Å². The van der Waals surface area contributed by atoms with Crippen molar-refractivity contribution in [3.8, 4) is 0 Å². The van der Waals surface area contributed by atoms with Crippen molar-refractivity contribution in [2.45, 2.75) is 32.4 Å². The molecular formula is C13H21NS. The van der Waals surface area contributed by atoms with Crippen LogP contribution < -0.4 is 5.73 Å². The van der Waals surface area contributed by atoms with Crippen LogP contribution in [0.2, 0.25) is 0 Å². The van der Waals surface area contributed by atoms with Gasteiger partial charge in [-0.05, 0) is 30.1 Å². The lowest BCUT2D eigenvalue weighted by molar-refractivity contribution is 0.423. The fourth-order valence-electron chi connectivity index (χ4n) is 2.77. The molecule has 0 aromatic heterocycles. The first-order valence-electron chi connectivity index (χ1n) is 5.79. The fraction of sp³-hybridized carbons (Fsp3) is 0.692. The lowest BCUT2D eigenvalue weighted by Crippen LogP contribution is -2.37. The van der Waals surface area contributed by atoms with Gasteiger partial charge in [0.25, 0.3) is 0 Å². The van der Waals surface area contributed by atoms with Gasteiger partial charge in [0, 0.05) is 11.6 Å². The maximum atomic E-state index is 6.37. The molecule has 15 heavy (non-hydrogen) atoms. The normalized spacial score (nSPS) is 40.1. The lowest BCUT2D eigenvalue weighted by atomic mass is 9.76. The van der Waals surface area contributed by atoms with Crippen molar-refractivity contribution in [2.24, 2.45) is 23.5 Å².